The van der Waals surface area contributed by atoms with Gasteiger partial charge in [-0.05, 0) is 45.0 Å². The Labute approximate surface area is 170 Å². The maximum atomic E-state index is 13.2. The number of anilines is 1. The van der Waals surface area contributed by atoms with Crippen molar-refractivity contribution < 1.29 is 4.79 Å². The molecule has 28 heavy (non-hydrogen) atoms. The SMILES string of the molecule is CC(C)n1c(S[C@H](C)C(=O)N(CCC#N)c2ccccc2)nc2ccccc21. The van der Waals surface area contributed by atoms with E-state index in [-0.39, 0.29) is 17.2 Å². The number of carbonyl (C=O) groups excluding carboxylic acids is 1. The van der Waals surface area contributed by atoms with Gasteiger partial charge in [0.15, 0.2) is 5.16 Å². The Morgan fingerprint density at radius 3 is 2.50 bits per heavy atom. The van der Waals surface area contributed by atoms with Crippen molar-refractivity contribution in [2.75, 3.05) is 11.4 Å². The molecule has 0 unspecified atom stereocenters. The van der Waals surface area contributed by atoms with Crippen LogP contribution >= 0.6 is 11.8 Å². The fourth-order valence-corrected chi connectivity index (χ4v) is 4.29. The minimum absolute atomic E-state index is 0.0196. The largest absolute Gasteiger partial charge is 0.316 e. The first-order valence-electron chi connectivity index (χ1n) is 9.40. The normalized spacial score (nSPS) is 12.1. The van der Waals surface area contributed by atoms with Crippen LogP contribution in [0.25, 0.3) is 11.0 Å². The number of thioether (sulfide) groups is 1. The molecule has 1 amide bonds. The summed E-state index contributed by atoms with van der Waals surface area (Å²) in [5.74, 6) is -0.0196. The van der Waals surface area contributed by atoms with E-state index < -0.39 is 0 Å². The van der Waals surface area contributed by atoms with Crippen molar-refractivity contribution in [2.45, 2.75) is 43.6 Å². The molecule has 0 aliphatic rings. The van der Waals surface area contributed by atoms with Gasteiger partial charge in [-0.1, -0.05) is 42.1 Å². The van der Waals surface area contributed by atoms with Crippen LogP contribution in [0.3, 0.4) is 0 Å². The summed E-state index contributed by atoms with van der Waals surface area (Å²) in [5, 5.41) is 9.50. The number of imidazole rings is 1. The third-order valence-corrected chi connectivity index (χ3v) is 5.54. The van der Waals surface area contributed by atoms with Crippen molar-refractivity contribution in [3.63, 3.8) is 0 Å². The monoisotopic (exact) mass is 392 g/mol. The summed E-state index contributed by atoms with van der Waals surface area (Å²) in [7, 11) is 0. The van der Waals surface area contributed by atoms with Crippen LogP contribution in [0.2, 0.25) is 0 Å². The van der Waals surface area contributed by atoms with Gasteiger partial charge >= 0.3 is 0 Å². The van der Waals surface area contributed by atoms with Crippen molar-refractivity contribution in [3.8, 4) is 6.07 Å². The molecule has 0 aliphatic heterocycles. The number of aromatic nitrogens is 2. The fourth-order valence-electron chi connectivity index (χ4n) is 3.17. The maximum absolute atomic E-state index is 13.2. The molecule has 0 radical (unpaired) electrons. The molecular weight excluding hydrogens is 368 g/mol. The number of para-hydroxylation sites is 3. The predicted molar refractivity (Wildman–Crippen MR) is 114 cm³/mol. The van der Waals surface area contributed by atoms with E-state index in [1.54, 1.807) is 4.90 Å². The smallest absolute Gasteiger partial charge is 0.240 e. The molecule has 1 aromatic heterocycles. The van der Waals surface area contributed by atoms with Gasteiger partial charge in [-0.15, -0.1) is 0 Å². The van der Waals surface area contributed by atoms with Gasteiger partial charge in [0.1, 0.15) is 0 Å². The van der Waals surface area contributed by atoms with E-state index in [2.05, 4.69) is 30.6 Å². The van der Waals surface area contributed by atoms with E-state index in [1.807, 2.05) is 55.5 Å². The zero-order valence-electron chi connectivity index (χ0n) is 16.4. The predicted octanol–water partition coefficient (Wildman–Crippen LogP) is 5.04. The molecule has 3 aromatic rings. The molecule has 0 saturated heterocycles. The standard InChI is InChI=1S/C22H24N4OS/c1-16(2)26-20-13-8-7-12-19(20)24-22(26)28-17(3)21(27)25(15-9-14-23)18-10-5-4-6-11-18/h4-8,10-13,16-17H,9,15H2,1-3H3/t17-/m1/s1. The maximum Gasteiger partial charge on any atom is 0.240 e. The number of rotatable bonds is 7. The summed E-state index contributed by atoms with van der Waals surface area (Å²) in [4.78, 5) is 19.7. The van der Waals surface area contributed by atoms with Crippen molar-refractivity contribution in [3.05, 3.63) is 54.6 Å². The lowest BCUT2D eigenvalue weighted by molar-refractivity contribution is -0.117. The van der Waals surface area contributed by atoms with Crippen molar-refractivity contribution in [2.24, 2.45) is 0 Å². The quantitative estimate of drug-likeness (QED) is 0.528. The Balaban J connectivity index is 1.88. The van der Waals surface area contributed by atoms with E-state index in [0.717, 1.165) is 21.9 Å². The lowest BCUT2D eigenvalue weighted by Crippen LogP contribution is -2.37. The van der Waals surface area contributed by atoms with Gasteiger partial charge < -0.3 is 9.47 Å². The van der Waals surface area contributed by atoms with E-state index >= 15 is 0 Å². The van der Waals surface area contributed by atoms with Crippen LogP contribution in [0.5, 0.6) is 0 Å². The third kappa shape index (κ3) is 4.20. The fraction of sp³-hybridized carbons (Fsp3) is 0.318. The summed E-state index contributed by atoms with van der Waals surface area (Å²) in [6.07, 6.45) is 0.294. The molecule has 1 atom stereocenters. The van der Waals surface area contributed by atoms with Crippen LogP contribution in [0.15, 0.2) is 59.8 Å². The van der Waals surface area contributed by atoms with E-state index in [0.29, 0.717) is 13.0 Å². The number of amides is 1. The topological polar surface area (TPSA) is 61.9 Å². The number of hydrogen-bond acceptors (Lipinski definition) is 4. The molecule has 3 rings (SSSR count). The van der Waals surface area contributed by atoms with Crippen molar-refractivity contribution in [1.29, 1.82) is 5.26 Å². The Morgan fingerprint density at radius 2 is 1.82 bits per heavy atom. The third-order valence-electron chi connectivity index (χ3n) is 4.49. The first-order chi connectivity index (χ1) is 13.5. The summed E-state index contributed by atoms with van der Waals surface area (Å²) < 4.78 is 2.17. The molecule has 0 fully saturated rings. The zero-order chi connectivity index (χ0) is 20.1. The minimum atomic E-state index is -0.326. The molecule has 5 nitrogen and oxygen atoms in total. The number of benzene rings is 2. The summed E-state index contributed by atoms with van der Waals surface area (Å²) >= 11 is 1.47. The van der Waals surface area contributed by atoms with Crippen LogP contribution in [-0.2, 0) is 4.79 Å². The Hall–Kier alpha value is -2.78. The average molecular weight is 393 g/mol. The highest BCUT2D eigenvalue weighted by molar-refractivity contribution is 8.00. The molecule has 1 heterocycles. The van der Waals surface area contributed by atoms with Gasteiger partial charge in [-0.2, -0.15) is 5.26 Å². The Kier molecular flexibility index (Phi) is 6.37. The molecule has 2 aromatic carbocycles. The minimum Gasteiger partial charge on any atom is -0.316 e. The second-order valence-electron chi connectivity index (χ2n) is 6.84. The van der Waals surface area contributed by atoms with E-state index in [4.69, 9.17) is 10.2 Å². The second-order valence-corrected chi connectivity index (χ2v) is 8.15. The molecule has 0 saturated carbocycles. The van der Waals surface area contributed by atoms with Gasteiger partial charge in [0.25, 0.3) is 0 Å². The van der Waals surface area contributed by atoms with Crippen LogP contribution in [0.4, 0.5) is 5.69 Å². The van der Waals surface area contributed by atoms with Crippen LogP contribution in [0, 0.1) is 11.3 Å². The van der Waals surface area contributed by atoms with Gasteiger partial charge in [-0.25, -0.2) is 4.98 Å². The molecule has 0 bridgehead atoms. The number of nitrogens with zero attached hydrogens (tertiary/aromatic N) is 4. The van der Waals surface area contributed by atoms with Gasteiger partial charge in [-0.3, -0.25) is 4.79 Å². The molecule has 0 N–H and O–H groups in total. The average Bonchev–Trinajstić information content (AvgIpc) is 3.06. The van der Waals surface area contributed by atoms with Gasteiger partial charge in [0.2, 0.25) is 5.91 Å². The lowest BCUT2D eigenvalue weighted by Gasteiger charge is -2.25. The highest BCUT2D eigenvalue weighted by atomic mass is 32.2. The first kappa shape index (κ1) is 20.0. The molecule has 144 valence electrons. The van der Waals surface area contributed by atoms with Crippen LogP contribution in [-0.4, -0.2) is 27.3 Å². The van der Waals surface area contributed by atoms with Gasteiger partial charge in [0, 0.05) is 18.3 Å². The highest BCUT2D eigenvalue weighted by Crippen LogP contribution is 2.31. The number of hydrogen-bond donors (Lipinski definition) is 0. The molecule has 6 heteroatoms. The Morgan fingerprint density at radius 1 is 1.14 bits per heavy atom. The number of fused-ring (bicyclic) bond motifs is 1. The lowest BCUT2D eigenvalue weighted by atomic mass is 10.2. The zero-order valence-corrected chi connectivity index (χ0v) is 17.2. The second kappa shape index (κ2) is 8.94. The number of carbonyl (C=O) groups is 1. The molecular formula is C22H24N4OS. The Bertz CT molecular complexity index is 991. The van der Waals surface area contributed by atoms with E-state index in [9.17, 15) is 4.79 Å². The van der Waals surface area contributed by atoms with Crippen LogP contribution in [0.1, 0.15) is 33.2 Å². The molecule has 0 spiro atoms. The van der Waals surface area contributed by atoms with Gasteiger partial charge in [0.05, 0.1) is 28.8 Å². The van der Waals surface area contributed by atoms with Crippen molar-refractivity contribution >= 4 is 34.4 Å². The number of nitriles is 1. The van der Waals surface area contributed by atoms with E-state index in [1.165, 1.54) is 11.8 Å². The summed E-state index contributed by atoms with van der Waals surface area (Å²) in [5.41, 5.74) is 2.82. The summed E-state index contributed by atoms with van der Waals surface area (Å²) in [6.45, 7) is 6.52. The van der Waals surface area contributed by atoms with Crippen molar-refractivity contribution in [1.82, 2.24) is 9.55 Å². The highest BCUT2D eigenvalue weighted by Gasteiger charge is 2.25. The molecule has 0 aliphatic carbocycles. The van der Waals surface area contributed by atoms with Crippen LogP contribution < -0.4 is 4.90 Å². The first-order valence-corrected chi connectivity index (χ1v) is 10.3. The summed E-state index contributed by atoms with van der Waals surface area (Å²) in [6, 6.07) is 19.9.